The van der Waals surface area contributed by atoms with Crippen LogP contribution in [-0.4, -0.2) is 34.9 Å². The number of hydrogen-bond acceptors (Lipinski definition) is 3. The molecule has 2 N–H and O–H groups in total. The number of anilines is 1. The number of para-hydroxylation sites is 1. The second-order valence-electron chi connectivity index (χ2n) is 6.34. The van der Waals surface area contributed by atoms with Gasteiger partial charge in [0.1, 0.15) is 5.60 Å². The molecule has 1 saturated heterocycles. The second-order valence-corrected chi connectivity index (χ2v) is 7.48. The van der Waals surface area contributed by atoms with Crippen LogP contribution in [-0.2, 0) is 5.60 Å². The Morgan fingerprint density at radius 1 is 1.20 bits per heavy atom. The number of thioether (sulfide) groups is 1. The lowest BCUT2D eigenvalue weighted by Crippen LogP contribution is -2.37. The van der Waals surface area contributed by atoms with Crippen LogP contribution in [0.25, 0.3) is 0 Å². The summed E-state index contributed by atoms with van der Waals surface area (Å²) in [6, 6.07) is 17.3. The molecule has 0 bridgehead atoms. The van der Waals surface area contributed by atoms with Crippen molar-refractivity contribution >= 4 is 23.5 Å². The molecule has 0 radical (unpaired) electrons. The van der Waals surface area contributed by atoms with Crippen LogP contribution in [0.5, 0.6) is 0 Å². The molecule has 3 rings (SSSR count). The highest BCUT2D eigenvalue weighted by atomic mass is 32.2. The minimum absolute atomic E-state index is 0.156. The fourth-order valence-corrected chi connectivity index (χ4v) is 3.93. The Hall–Kier alpha value is -1.98. The highest BCUT2D eigenvalue weighted by Gasteiger charge is 2.39. The van der Waals surface area contributed by atoms with E-state index in [0.717, 1.165) is 28.3 Å². The van der Waals surface area contributed by atoms with Crippen molar-refractivity contribution in [3.8, 4) is 0 Å². The number of amides is 2. The molecule has 1 fully saturated rings. The zero-order valence-electron chi connectivity index (χ0n) is 14.4. The van der Waals surface area contributed by atoms with Crippen LogP contribution in [0.3, 0.4) is 0 Å². The van der Waals surface area contributed by atoms with E-state index in [9.17, 15) is 9.90 Å². The van der Waals surface area contributed by atoms with Gasteiger partial charge in [-0.1, -0.05) is 49.4 Å². The standard InChI is InChI=1S/C20H24N2O2S/c1-2-14-25-18-11-7-6-10-17(18)21-19(23)22-13-12-20(24,15-22)16-8-4-3-5-9-16/h3-11,24H,2,12-15H2,1H3,(H,21,23). The van der Waals surface area contributed by atoms with Crippen molar-refractivity contribution in [1.82, 2.24) is 4.90 Å². The summed E-state index contributed by atoms with van der Waals surface area (Å²) in [4.78, 5) is 15.4. The first-order valence-corrected chi connectivity index (χ1v) is 9.66. The molecule has 1 aliphatic rings. The molecule has 1 aliphatic heterocycles. The average molecular weight is 356 g/mol. The third-order valence-corrected chi connectivity index (χ3v) is 5.72. The molecule has 1 heterocycles. The van der Waals surface area contributed by atoms with E-state index in [-0.39, 0.29) is 6.03 Å². The molecule has 1 unspecified atom stereocenters. The molecule has 2 aromatic carbocycles. The van der Waals surface area contributed by atoms with Crippen LogP contribution < -0.4 is 5.32 Å². The summed E-state index contributed by atoms with van der Waals surface area (Å²) in [6.07, 6.45) is 1.64. The molecule has 0 aliphatic carbocycles. The second kappa shape index (κ2) is 7.93. The van der Waals surface area contributed by atoms with Gasteiger partial charge in [-0.3, -0.25) is 0 Å². The Kier molecular flexibility index (Phi) is 5.66. The number of aliphatic hydroxyl groups is 1. The molecule has 0 aromatic heterocycles. The molecular formula is C20H24N2O2S. The van der Waals surface area contributed by atoms with E-state index in [1.54, 1.807) is 16.7 Å². The van der Waals surface area contributed by atoms with Crippen molar-refractivity contribution in [3.63, 3.8) is 0 Å². The molecule has 25 heavy (non-hydrogen) atoms. The molecule has 2 amide bonds. The molecule has 2 aromatic rings. The molecular weight excluding hydrogens is 332 g/mol. The molecule has 1 atom stereocenters. The van der Waals surface area contributed by atoms with Gasteiger partial charge in [0.2, 0.25) is 0 Å². The summed E-state index contributed by atoms with van der Waals surface area (Å²) in [5.41, 5.74) is 0.736. The van der Waals surface area contributed by atoms with E-state index in [1.807, 2.05) is 54.6 Å². The fraction of sp³-hybridized carbons (Fsp3) is 0.350. The molecule has 0 saturated carbocycles. The van der Waals surface area contributed by atoms with Gasteiger partial charge < -0.3 is 15.3 Å². The molecule has 0 spiro atoms. The van der Waals surface area contributed by atoms with Gasteiger partial charge >= 0.3 is 6.03 Å². The summed E-state index contributed by atoms with van der Waals surface area (Å²) in [5.74, 6) is 1.02. The maximum Gasteiger partial charge on any atom is 0.321 e. The van der Waals surface area contributed by atoms with Crippen molar-refractivity contribution in [2.24, 2.45) is 0 Å². The fourth-order valence-electron chi connectivity index (χ4n) is 3.05. The first-order valence-electron chi connectivity index (χ1n) is 8.68. The van der Waals surface area contributed by atoms with Crippen molar-refractivity contribution in [3.05, 3.63) is 60.2 Å². The van der Waals surface area contributed by atoms with Crippen LogP contribution in [0.4, 0.5) is 10.5 Å². The number of benzene rings is 2. The number of likely N-dealkylation sites (tertiary alicyclic amines) is 1. The first kappa shape index (κ1) is 17.8. The Bertz CT molecular complexity index is 723. The first-order chi connectivity index (χ1) is 12.1. The van der Waals surface area contributed by atoms with Gasteiger partial charge in [-0.2, -0.15) is 0 Å². The largest absolute Gasteiger partial charge is 0.383 e. The van der Waals surface area contributed by atoms with Crippen LogP contribution >= 0.6 is 11.8 Å². The smallest absolute Gasteiger partial charge is 0.321 e. The van der Waals surface area contributed by atoms with E-state index in [4.69, 9.17) is 0 Å². The highest BCUT2D eigenvalue weighted by molar-refractivity contribution is 7.99. The maximum atomic E-state index is 12.7. The van der Waals surface area contributed by atoms with Crippen LogP contribution in [0.15, 0.2) is 59.5 Å². The maximum absolute atomic E-state index is 12.7. The highest BCUT2D eigenvalue weighted by Crippen LogP contribution is 2.33. The summed E-state index contributed by atoms with van der Waals surface area (Å²) < 4.78 is 0. The minimum Gasteiger partial charge on any atom is -0.383 e. The zero-order valence-corrected chi connectivity index (χ0v) is 15.3. The zero-order chi connectivity index (χ0) is 17.7. The van der Waals surface area contributed by atoms with E-state index in [0.29, 0.717) is 19.5 Å². The van der Waals surface area contributed by atoms with E-state index < -0.39 is 5.60 Å². The third kappa shape index (κ3) is 4.17. The van der Waals surface area contributed by atoms with Gasteiger partial charge in [0, 0.05) is 11.4 Å². The van der Waals surface area contributed by atoms with Gasteiger partial charge in [0.15, 0.2) is 0 Å². The number of carbonyl (C=O) groups is 1. The predicted molar refractivity (Wildman–Crippen MR) is 103 cm³/mol. The van der Waals surface area contributed by atoms with Gasteiger partial charge in [0.05, 0.1) is 12.2 Å². The van der Waals surface area contributed by atoms with Crippen molar-refractivity contribution < 1.29 is 9.90 Å². The Morgan fingerprint density at radius 2 is 1.92 bits per heavy atom. The number of hydrogen-bond donors (Lipinski definition) is 2. The van der Waals surface area contributed by atoms with E-state index in [2.05, 4.69) is 12.2 Å². The van der Waals surface area contributed by atoms with E-state index >= 15 is 0 Å². The van der Waals surface area contributed by atoms with Crippen LogP contribution in [0.2, 0.25) is 0 Å². The number of nitrogens with one attached hydrogen (secondary N) is 1. The van der Waals surface area contributed by atoms with E-state index in [1.165, 1.54) is 0 Å². The number of rotatable bonds is 5. The summed E-state index contributed by atoms with van der Waals surface area (Å²) in [5, 5.41) is 13.9. The summed E-state index contributed by atoms with van der Waals surface area (Å²) in [7, 11) is 0. The van der Waals surface area contributed by atoms with Crippen molar-refractivity contribution in [1.29, 1.82) is 0 Å². The third-order valence-electron chi connectivity index (χ3n) is 4.44. The molecule has 4 nitrogen and oxygen atoms in total. The van der Waals surface area contributed by atoms with Crippen LogP contribution in [0.1, 0.15) is 25.3 Å². The summed E-state index contributed by atoms with van der Waals surface area (Å²) >= 11 is 1.75. The van der Waals surface area contributed by atoms with Crippen molar-refractivity contribution in [2.45, 2.75) is 30.3 Å². The number of carbonyl (C=O) groups excluding carboxylic acids is 1. The van der Waals surface area contributed by atoms with Gasteiger partial charge in [-0.15, -0.1) is 11.8 Å². The normalized spacial score (nSPS) is 19.8. The Labute approximate surface area is 153 Å². The van der Waals surface area contributed by atoms with Gasteiger partial charge in [0.25, 0.3) is 0 Å². The lowest BCUT2D eigenvalue weighted by molar-refractivity contribution is 0.0500. The Morgan fingerprint density at radius 3 is 2.68 bits per heavy atom. The minimum atomic E-state index is -0.963. The lowest BCUT2D eigenvalue weighted by atomic mass is 9.93. The molecule has 5 heteroatoms. The van der Waals surface area contributed by atoms with Gasteiger partial charge in [-0.25, -0.2) is 4.79 Å². The topological polar surface area (TPSA) is 52.6 Å². The lowest BCUT2D eigenvalue weighted by Gasteiger charge is -2.24. The van der Waals surface area contributed by atoms with Crippen LogP contribution in [0, 0.1) is 0 Å². The van der Waals surface area contributed by atoms with Gasteiger partial charge in [-0.05, 0) is 36.3 Å². The summed E-state index contributed by atoms with van der Waals surface area (Å²) in [6.45, 7) is 3.00. The Balaban J connectivity index is 1.67. The number of urea groups is 1. The average Bonchev–Trinajstić information content (AvgIpc) is 3.05. The molecule has 132 valence electrons. The number of nitrogens with zero attached hydrogens (tertiary/aromatic N) is 1. The SMILES string of the molecule is CCCSc1ccccc1NC(=O)N1CCC(O)(c2ccccc2)C1. The monoisotopic (exact) mass is 356 g/mol. The predicted octanol–water partition coefficient (Wildman–Crippen LogP) is 4.31. The quantitative estimate of drug-likeness (QED) is 0.785. The van der Waals surface area contributed by atoms with Crippen molar-refractivity contribution in [2.75, 3.05) is 24.2 Å². The number of β-amino-alcohol motifs (C(OH)–C–C–N with tert-alkyl or cyclic N) is 1.